The summed E-state index contributed by atoms with van der Waals surface area (Å²) in [6.07, 6.45) is 1.66. The molecule has 5 heteroatoms. The van der Waals surface area contributed by atoms with E-state index in [9.17, 15) is 9.90 Å². The van der Waals surface area contributed by atoms with Crippen molar-refractivity contribution in [3.8, 4) is 28.9 Å². The molecule has 5 nitrogen and oxygen atoms in total. The van der Waals surface area contributed by atoms with Gasteiger partial charge in [-0.1, -0.05) is 6.92 Å². The lowest BCUT2D eigenvalue weighted by Crippen LogP contribution is -1.99. The molecule has 26 heavy (non-hydrogen) atoms. The normalized spacial score (nSPS) is 10.6. The summed E-state index contributed by atoms with van der Waals surface area (Å²) in [6.45, 7) is 3.99. The van der Waals surface area contributed by atoms with Crippen molar-refractivity contribution in [2.75, 3.05) is 0 Å². The van der Waals surface area contributed by atoms with Crippen molar-refractivity contribution in [2.45, 2.75) is 20.3 Å². The number of ether oxygens (including phenoxy) is 2. The minimum absolute atomic E-state index is 0.191. The topological polar surface area (TPSA) is 60.7 Å². The zero-order chi connectivity index (χ0) is 18.7. The first-order chi connectivity index (χ1) is 12.5. The molecule has 3 rings (SSSR count). The lowest BCUT2D eigenvalue weighted by atomic mass is 10.1. The number of carbonyl (C=O) groups excluding carboxylic acids is 1. The number of hydrogen-bond donors (Lipinski definition) is 1. The Labute approximate surface area is 152 Å². The molecular formula is C21H21NO4. The average Bonchev–Trinajstić information content (AvgIpc) is 2.87. The fraction of sp³-hybridized carbons (Fsp3) is 0.190. The van der Waals surface area contributed by atoms with Gasteiger partial charge in [-0.3, -0.25) is 4.79 Å². The van der Waals surface area contributed by atoms with Crippen LogP contribution in [0.5, 0.6) is 28.9 Å². The van der Waals surface area contributed by atoms with Gasteiger partial charge >= 0.3 is 0 Å². The summed E-state index contributed by atoms with van der Waals surface area (Å²) in [5.74, 6) is 2.63. The SMILES string of the molecule is CCc1c(C)c(C=O)c(Oc2ccc(Oc3ccc(O)cc3)cc2)n1C. The van der Waals surface area contributed by atoms with Gasteiger partial charge in [0.2, 0.25) is 5.88 Å². The van der Waals surface area contributed by atoms with E-state index in [0.717, 1.165) is 24.0 Å². The Morgan fingerprint density at radius 2 is 1.46 bits per heavy atom. The third-order valence-electron chi connectivity index (χ3n) is 4.34. The molecule has 1 aromatic heterocycles. The molecule has 1 heterocycles. The molecule has 1 N–H and O–H groups in total. The molecule has 0 aliphatic carbocycles. The van der Waals surface area contributed by atoms with Crippen LogP contribution in [0.1, 0.15) is 28.5 Å². The average molecular weight is 351 g/mol. The van der Waals surface area contributed by atoms with Crippen molar-refractivity contribution < 1.29 is 19.4 Å². The molecule has 0 saturated carbocycles. The van der Waals surface area contributed by atoms with Crippen molar-refractivity contribution in [1.82, 2.24) is 4.57 Å². The molecule has 0 aliphatic heterocycles. The lowest BCUT2D eigenvalue weighted by Gasteiger charge is -2.10. The molecule has 3 aromatic rings. The Kier molecular flexibility index (Phi) is 4.98. The first-order valence-electron chi connectivity index (χ1n) is 8.41. The van der Waals surface area contributed by atoms with E-state index in [1.807, 2.05) is 18.5 Å². The van der Waals surface area contributed by atoms with Crippen LogP contribution in [-0.2, 0) is 13.5 Å². The van der Waals surface area contributed by atoms with Gasteiger partial charge in [0, 0.05) is 12.7 Å². The van der Waals surface area contributed by atoms with Crippen molar-refractivity contribution in [2.24, 2.45) is 7.05 Å². The summed E-state index contributed by atoms with van der Waals surface area (Å²) in [5.41, 5.74) is 2.61. The molecule has 0 saturated heterocycles. The number of rotatable bonds is 6. The second kappa shape index (κ2) is 7.35. The largest absolute Gasteiger partial charge is 0.508 e. The number of phenolic OH excluding ortho intramolecular Hbond substituents is 1. The van der Waals surface area contributed by atoms with E-state index in [4.69, 9.17) is 9.47 Å². The van der Waals surface area contributed by atoms with Crippen molar-refractivity contribution in [3.05, 3.63) is 65.4 Å². The molecule has 0 unspecified atom stereocenters. The maximum atomic E-state index is 11.5. The Morgan fingerprint density at radius 3 is 1.96 bits per heavy atom. The van der Waals surface area contributed by atoms with E-state index in [0.29, 0.717) is 28.7 Å². The molecule has 0 bridgehead atoms. The van der Waals surface area contributed by atoms with E-state index in [1.165, 1.54) is 0 Å². The van der Waals surface area contributed by atoms with Crippen LogP contribution in [0.4, 0.5) is 0 Å². The minimum atomic E-state index is 0.191. The lowest BCUT2D eigenvalue weighted by molar-refractivity contribution is 0.112. The van der Waals surface area contributed by atoms with Gasteiger partial charge in [-0.05, 0) is 67.4 Å². The second-order valence-electron chi connectivity index (χ2n) is 5.99. The monoisotopic (exact) mass is 351 g/mol. The van der Waals surface area contributed by atoms with E-state index in [-0.39, 0.29) is 5.75 Å². The summed E-state index contributed by atoms with van der Waals surface area (Å²) in [7, 11) is 1.90. The Hall–Kier alpha value is -3.21. The second-order valence-corrected chi connectivity index (χ2v) is 5.99. The molecule has 0 amide bonds. The Morgan fingerprint density at radius 1 is 0.962 bits per heavy atom. The molecule has 0 fully saturated rings. The van der Waals surface area contributed by atoms with Gasteiger partial charge in [-0.15, -0.1) is 0 Å². The maximum absolute atomic E-state index is 11.5. The van der Waals surface area contributed by atoms with E-state index in [1.54, 1.807) is 48.5 Å². The predicted molar refractivity (Wildman–Crippen MR) is 99.6 cm³/mol. The summed E-state index contributed by atoms with van der Waals surface area (Å²) < 4.78 is 13.6. The van der Waals surface area contributed by atoms with Crippen molar-refractivity contribution in [1.29, 1.82) is 0 Å². The first-order valence-corrected chi connectivity index (χ1v) is 8.41. The highest BCUT2D eigenvalue weighted by Crippen LogP contribution is 2.32. The number of phenols is 1. The molecule has 0 atom stereocenters. The van der Waals surface area contributed by atoms with Gasteiger partial charge in [0.05, 0.1) is 5.56 Å². The van der Waals surface area contributed by atoms with E-state index >= 15 is 0 Å². The number of aromatic hydroxyl groups is 1. The summed E-state index contributed by atoms with van der Waals surface area (Å²) >= 11 is 0. The van der Waals surface area contributed by atoms with Crippen LogP contribution >= 0.6 is 0 Å². The number of benzene rings is 2. The van der Waals surface area contributed by atoms with E-state index < -0.39 is 0 Å². The van der Waals surface area contributed by atoms with Crippen molar-refractivity contribution >= 4 is 6.29 Å². The Balaban J connectivity index is 1.80. The van der Waals surface area contributed by atoms with Crippen molar-refractivity contribution in [3.63, 3.8) is 0 Å². The standard InChI is InChI=1S/C21H21NO4/c1-4-20-14(2)19(13-23)21(22(20)3)26-18-11-9-17(10-12-18)25-16-7-5-15(24)6-8-16/h5-13,24H,4H2,1-3H3. The fourth-order valence-electron chi connectivity index (χ4n) is 2.97. The molecule has 0 radical (unpaired) electrons. The van der Waals surface area contributed by atoms with E-state index in [2.05, 4.69) is 6.92 Å². The van der Waals surface area contributed by atoms with Crippen LogP contribution in [0.25, 0.3) is 0 Å². The van der Waals surface area contributed by atoms with Crippen LogP contribution in [0.3, 0.4) is 0 Å². The number of carbonyl (C=O) groups is 1. The highest BCUT2D eigenvalue weighted by atomic mass is 16.5. The quantitative estimate of drug-likeness (QED) is 0.635. The Bertz CT molecular complexity index is 909. The smallest absolute Gasteiger partial charge is 0.210 e. The molecule has 134 valence electrons. The number of hydrogen-bond acceptors (Lipinski definition) is 4. The highest BCUT2D eigenvalue weighted by Gasteiger charge is 2.18. The molecule has 0 spiro atoms. The molecule has 0 aliphatic rings. The minimum Gasteiger partial charge on any atom is -0.508 e. The van der Waals surface area contributed by atoms with Gasteiger partial charge in [-0.25, -0.2) is 0 Å². The zero-order valence-corrected chi connectivity index (χ0v) is 15.0. The third-order valence-corrected chi connectivity index (χ3v) is 4.34. The number of nitrogens with zero attached hydrogens (tertiary/aromatic N) is 1. The first kappa shape index (κ1) is 17.6. The molecule has 2 aromatic carbocycles. The summed E-state index contributed by atoms with van der Waals surface area (Å²) in [6, 6.07) is 13.7. The van der Waals surface area contributed by atoms with Crippen LogP contribution in [0.15, 0.2) is 48.5 Å². The van der Waals surface area contributed by atoms with Crippen LogP contribution in [-0.4, -0.2) is 16.0 Å². The van der Waals surface area contributed by atoms with Crippen LogP contribution in [0.2, 0.25) is 0 Å². The van der Waals surface area contributed by atoms with Gasteiger partial charge < -0.3 is 19.1 Å². The summed E-state index contributed by atoms with van der Waals surface area (Å²) in [4.78, 5) is 11.5. The van der Waals surface area contributed by atoms with Gasteiger partial charge in [0.1, 0.15) is 23.0 Å². The fourth-order valence-corrected chi connectivity index (χ4v) is 2.97. The predicted octanol–water partition coefficient (Wildman–Crippen LogP) is 5.00. The number of aldehydes is 1. The van der Waals surface area contributed by atoms with Crippen LogP contribution < -0.4 is 9.47 Å². The highest BCUT2D eigenvalue weighted by molar-refractivity contribution is 5.82. The maximum Gasteiger partial charge on any atom is 0.210 e. The zero-order valence-electron chi connectivity index (χ0n) is 15.0. The third kappa shape index (κ3) is 3.42. The van der Waals surface area contributed by atoms with Gasteiger partial charge in [-0.2, -0.15) is 0 Å². The number of aromatic nitrogens is 1. The summed E-state index contributed by atoms with van der Waals surface area (Å²) in [5, 5.41) is 9.30. The molecular weight excluding hydrogens is 330 g/mol. The van der Waals surface area contributed by atoms with Gasteiger partial charge in [0.25, 0.3) is 0 Å². The van der Waals surface area contributed by atoms with Gasteiger partial charge in [0.15, 0.2) is 6.29 Å². The van der Waals surface area contributed by atoms with Crippen LogP contribution in [0, 0.1) is 6.92 Å².